The summed E-state index contributed by atoms with van der Waals surface area (Å²) in [5, 5.41) is 4.15. The fraction of sp³-hybridized carbons (Fsp3) is 0.294. The molecule has 0 spiro atoms. The van der Waals surface area contributed by atoms with Gasteiger partial charge in [-0.25, -0.2) is 0 Å². The molecule has 0 aromatic heterocycles. The molecule has 0 bridgehead atoms. The quantitative estimate of drug-likeness (QED) is 0.861. The van der Waals surface area contributed by atoms with E-state index in [4.69, 9.17) is 11.6 Å². The van der Waals surface area contributed by atoms with E-state index in [2.05, 4.69) is 54.5 Å². The molecular weight excluding hydrogens is 268 g/mol. The van der Waals surface area contributed by atoms with Crippen molar-refractivity contribution in [3.63, 3.8) is 0 Å². The second-order valence-corrected chi connectivity index (χ2v) is 5.33. The molecule has 20 heavy (non-hydrogen) atoms. The van der Waals surface area contributed by atoms with Crippen molar-refractivity contribution in [3.05, 3.63) is 64.7 Å². The standard InChI is InChI=1S/C17H21ClN2/c1-3-19-12-15-9-10-16(18)11-17(15)20(2)13-14-7-5-4-6-8-14/h4-11,19H,3,12-13H2,1-2H3. The van der Waals surface area contributed by atoms with Crippen molar-refractivity contribution >= 4 is 17.3 Å². The van der Waals surface area contributed by atoms with Crippen molar-refractivity contribution < 1.29 is 0 Å². The Bertz CT molecular complexity index is 540. The smallest absolute Gasteiger partial charge is 0.0427 e. The minimum atomic E-state index is 0.778. The summed E-state index contributed by atoms with van der Waals surface area (Å²) in [5.74, 6) is 0. The Kier molecular flexibility index (Phi) is 5.45. The lowest BCUT2D eigenvalue weighted by atomic mass is 10.1. The van der Waals surface area contributed by atoms with Gasteiger partial charge in [-0.1, -0.05) is 54.9 Å². The van der Waals surface area contributed by atoms with E-state index in [9.17, 15) is 0 Å². The molecule has 2 aromatic carbocycles. The molecule has 0 aliphatic rings. The fourth-order valence-corrected chi connectivity index (χ4v) is 2.41. The van der Waals surface area contributed by atoms with E-state index in [1.807, 2.05) is 18.2 Å². The van der Waals surface area contributed by atoms with Crippen LogP contribution < -0.4 is 10.2 Å². The topological polar surface area (TPSA) is 15.3 Å². The van der Waals surface area contributed by atoms with E-state index in [0.717, 1.165) is 24.7 Å². The summed E-state index contributed by atoms with van der Waals surface area (Å²) in [6.07, 6.45) is 0. The zero-order valence-electron chi connectivity index (χ0n) is 12.1. The molecule has 0 heterocycles. The average molecular weight is 289 g/mol. The summed E-state index contributed by atoms with van der Waals surface area (Å²) >= 11 is 6.15. The first kappa shape index (κ1) is 14.9. The number of benzene rings is 2. The second kappa shape index (κ2) is 7.32. The maximum Gasteiger partial charge on any atom is 0.0427 e. The van der Waals surface area contributed by atoms with E-state index < -0.39 is 0 Å². The van der Waals surface area contributed by atoms with Crippen LogP contribution in [0.5, 0.6) is 0 Å². The van der Waals surface area contributed by atoms with Gasteiger partial charge in [0, 0.05) is 30.8 Å². The highest BCUT2D eigenvalue weighted by Crippen LogP contribution is 2.25. The van der Waals surface area contributed by atoms with Gasteiger partial charge < -0.3 is 10.2 Å². The van der Waals surface area contributed by atoms with Crippen LogP contribution in [0.4, 0.5) is 5.69 Å². The lowest BCUT2D eigenvalue weighted by molar-refractivity contribution is 0.723. The summed E-state index contributed by atoms with van der Waals surface area (Å²) < 4.78 is 0. The average Bonchev–Trinajstić information content (AvgIpc) is 2.47. The van der Waals surface area contributed by atoms with Gasteiger partial charge in [0.25, 0.3) is 0 Å². The highest BCUT2D eigenvalue weighted by Gasteiger charge is 2.08. The van der Waals surface area contributed by atoms with Crippen molar-refractivity contribution in [1.82, 2.24) is 5.32 Å². The van der Waals surface area contributed by atoms with Crippen LogP contribution in [0.15, 0.2) is 48.5 Å². The van der Waals surface area contributed by atoms with Crippen LogP contribution in [0.25, 0.3) is 0 Å². The Hall–Kier alpha value is -1.51. The Balaban J connectivity index is 2.19. The molecule has 2 aromatic rings. The van der Waals surface area contributed by atoms with Gasteiger partial charge in [0.05, 0.1) is 0 Å². The molecule has 0 aliphatic carbocycles. The predicted molar refractivity (Wildman–Crippen MR) is 87.4 cm³/mol. The van der Waals surface area contributed by atoms with Crippen LogP contribution in [-0.4, -0.2) is 13.6 Å². The van der Waals surface area contributed by atoms with Crippen molar-refractivity contribution in [1.29, 1.82) is 0 Å². The van der Waals surface area contributed by atoms with E-state index in [1.165, 1.54) is 16.8 Å². The lowest BCUT2D eigenvalue weighted by Crippen LogP contribution is -2.20. The first-order chi connectivity index (χ1) is 9.70. The zero-order valence-corrected chi connectivity index (χ0v) is 12.8. The maximum atomic E-state index is 6.15. The van der Waals surface area contributed by atoms with E-state index >= 15 is 0 Å². The molecule has 0 saturated carbocycles. The molecule has 0 aliphatic heterocycles. The highest BCUT2D eigenvalue weighted by atomic mass is 35.5. The Morgan fingerprint density at radius 1 is 1.10 bits per heavy atom. The summed E-state index contributed by atoms with van der Waals surface area (Å²) in [6.45, 7) is 4.82. The van der Waals surface area contributed by atoms with Gasteiger partial charge in [-0.3, -0.25) is 0 Å². The molecule has 2 rings (SSSR count). The summed E-state index contributed by atoms with van der Waals surface area (Å²) in [6, 6.07) is 16.6. The minimum absolute atomic E-state index is 0.778. The number of nitrogens with one attached hydrogen (secondary N) is 1. The number of anilines is 1. The molecule has 0 fully saturated rings. The summed E-state index contributed by atoms with van der Waals surface area (Å²) in [5.41, 5.74) is 3.75. The van der Waals surface area contributed by atoms with Gasteiger partial charge in [-0.2, -0.15) is 0 Å². The van der Waals surface area contributed by atoms with E-state index in [1.54, 1.807) is 0 Å². The van der Waals surface area contributed by atoms with Gasteiger partial charge in [-0.15, -0.1) is 0 Å². The van der Waals surface area contributed by atoms with Crippen molar-refractivity contribution in [2.75, 3.05) is 18.5 Å². The van der Waals surface area contributed by atoms with E-state index in [-0.39, 0.29) is 0 Å². The number of rotatable bonds is 6. The van der Waals surface area contributed by atoms with Crippen LogP contribution in [0.1, 0.15) is 18.1 Å². The Labute approximate surface area is 126 Å². The molecular formula is C17H21ClN2. The van der Waals surface area contributed by atoms with Crippen molar-refractivity contribution in [2.45, 2.75) is 20.0 Å². The SMILES string of the molecule is CCNCc1ccc(Cl)cc1N(C)Cc1ccccc1. The number of nitrogens with zero attached hydrogens (tertiary/aromatic N) is 1. The van der Waals surface area contributed by atoms with Crippen molar-refractivity contribution in [3.8, 4) is 0 Å². The van der Waals surface area contributed by atoms with Crippen LogP contribution in [0, 0.1) is 0 Å². The molecule has 0 unspecified atom stereocenters. The van der Waals surface area contributed by atoms with E-state index in [0.29, 0.717) is 0 Å². The Morgan fingerprint density at radius 2 is 1.85 bits per heavy atom. The maximum absolute atomic E-state index is 6.15. The first-order valence-corrected chi connectivity index (χ1v) is 7.32. The van der Waals surface area contributed by atoms with Crippen molar-refractivity contribution in [2.24, 2.45) is 0 Å². The number of hydrogen-bond donors (Lipinski definition) is 1. The monoisotopic (exact) mass is 288 g/mol. The molecule has 0 atom stereocenters. The van der Waals surface area contributed by atoms with Crippen LogP contribution >= 0.6 is 11.6 Å². The fourth-order valence-electron chi connectivity index (χ4n) is 2.24. The number of hydrogen-bond acceptors (Lipinski definition) is 2. The normalized spacial score (nSPS) is 10.6. The van der Waals surface area contributed by atoms with Gasteiger partial charge in [0.2, 0.25) is 0 Å². The van der Waals surface area contributed by atoms with Crippen LogP contribution in [0.3, 0.4) is 0 Å². The molecule has 3 heteroatoms. The molecule has 106 valence electrons. The van der Waals surface area contributed by atoms with Gasteiger partial charge in [0.1, 0.15) is 0 Å². The molecule has 0 amide bonds. The Morgan fingerprint density at radius 3 is 2.55 bits per heavy atom. The molecule has 2 nitrogen and oxygen atoms in total. The van der Waals surface area contributed by atoms with Crippen LogP contribution in [-0.2, 0) is 13.1 Å². The van der Waals surface area contributed by atoms with Gasteiger partial charge >= 0.3 is 0 Å². The third-order valence-electron chi connectivity index (χ3n) is 3.29. The molecule has 0 radical (unpaired) electrons. The zero-order chi connectivity index (χ0) is 14.4. The number of halogens is 1. The van der Waals surface area contributed by atoms with Crippen LogP contribution in [0.2, 0.25) is 5.02 Å². The molecule has 1 N–H and O–H groups in total. The van der Waals surface area contributed by atoms with Gasteiger partial charge in [0.15, 0.2) is 0 Å². The first-order valence-electron chi connectivity index (χ1n) is 6.95. The highest BCUT2D eigenvalue weighted by molar-refractivity contribution is 6.30. The molecule has 0 saturated heterocycles. The minimum Gasteiger partial charge on any atom is -0.370 e. The largest absolute Gasteiger partial charge is 0.370 e. The van der Waals surface area contributed by atoms with Gasteiger partial charge in [-0.05, 0) is 29.8 Å². The third kappa shape index (κ3) is 3.99. The third-order valence-corrected chi connectivity index (χ3v) is 3.52. The predicted octanol–water partition coefficient (Wildman–Crippen LogP) is 4.09. The summed E-state index contributed by atoms with van der Waals surface area (Å²) in [4.78, 5) is 2.24. The second-order valence-electron chi connectivity index (χ2n) is 4.90. The lowest BCUT2D eigenvalue weighted by Gasteiger charge is -2.23. The summed E-state index contributed by atoms with van der Waals surface area (Å²) in [7, 11) is 2.11.